The Morgan fingerprint density at radius 2 is 1.35 bits per heavy atom. The van der Waals surface area contributed by atoms with Gasteiger partial charge in [-0.2, -0.15) is 21.0 Å². The van der Waals surface area contributed by atoms with Gasteiger partial charge in [-0.05, 0) is 6.42 Å². The smallest absolute Gasteiger partial charge is 0.327 e. The Hall–Kier alpha value is -3.10. The van der Waals surface area contributed by atoms with Crippen molar-refractivity contribution in [1.82, 2.24) is 0 Å². The van der Waals surface area contributed by atoms with Gasteiger partial charge < -0.3 is 9.47 Å². The zero-order chi connectivity index (χ0) is 17.9. The van der Waals surface area contributed by atoms with Crippen LogP contribution in [0, 0.1) is 57.2 Å². The molecule has 2 atom stereocenters. The number of nitriles is 4. The number of carbonyl (C=O) groups is 2. The van der Waals surface area contributed by atoms with Crippen LogP contribution in [0.4, 0.5) is 0 Å². The summed E-state index contributed by atoms with van der Waals surface area (Å²) < 4.78 is 10.2. The van der Waals surface area contributed by atoms with Crippen LogP contribution in [-0.2, 0) is 19.1 Å². The number of rotatable bonds is 8. The second-order valence-electron chi connectivity index (χ2n) is 4.81. The normalized spacial score (nSPS) is 14.5. The van der Waals surface area contributed by atoms with Crippen LogP contribution in [0.1, 0.15) is 39.5 Å². The van der Waals surface area contributed by atoms with Crippen LogP contribution >= 0.6 is 0 Å². The number of hydrogen-bond acceptors (Lipinski definition) is 8. The molecule has 120 valence electrons. The first-order valence-electron chi connectivity index (χ1n) is 6.86. The Bertz CT molecular complexity index is 555. The maximum atomic E-state index is 11.9. The molecular weight excluding hydrogens is 300 g/mol. The molecule has 23 heavy (non-hydrogen) atoms. The molecule has 0 rings (SSSR count). The quantitative estimate of drug-likeness (QED) is 0.485. The van der Waals surface area contributed by atoms with Crippen molar-refractivity contribution in [3.05, 3.63) is 0 Å². The van der Waals surface area contributed by atoms with E-state index in [1.165, 1.54) is 6.92 Å². The molecule has 0 amide bonds. The maximum Gasteiger partial charge on any atom is 0.327 e. The summed E-state index contributed by atoms with van der Waals surface area (Å²) in [6.45, 7) is 3.09. The summed E-state index contributed by atoms with van der Waals surface area (Å²) in [6.07, 6.45) is -0.0661. The molecule has 0 spiro atoms. The fraction of sp³-hybridized carbons (Fsp3) is 0.600. The van der Waals surface area contributed by atoms with Crippen molar-refractivity contribution >= 4 is 11.9 Å². The minimum Gasteiger partial charge on any atom is -0.422 e. The molecular formula is C15H16N4O4. The molecule has 0 radical (unpaired) electrons. The van der Waals surface area contributed by atoms with Crippen LogP contribution in [0.5, 0.6) is 0 Å². The van der Waals surface area contributed by atoms with Crippen molar-refractivity contribution in [1.29, 1.82) is 21.0 Å². The molecule has 0 fully saturated rings. The van der Waals surface area contributed by atoms with Crippen LogP contribution in [0.15, 0.2) is 0 Å². The molecule has 8 heteroatoms. The lowest BCUT2D eigenvalue weighted by Gasteiger charge is -2.30. The molecule has 0 bridgehead atoms. The Morgan fingerprint density at radius 3 is 1.61 bits per heavy atom. The van der Waals surface area contributed by atoms with E-state index in [4.69, 9.17) is 30.5 Å². The molecule has 0 aliphatic rings. The van der Waals surface area contributed by atoms with Crippen molar-refractivity contribution in [3.8, 4) is 24.3 Å². The third-order valence-corrected chi connectivity index (χ3v) is 2.81. The Morgan fingerprint density at radius 1 is 0.957 bits per heavy atom. The Balaban J connectivity index is 5.14. The second-order valence-corrected chi connectivity index (χ2v) is 4.81. The van der Waals surface area contributed by atoms with Crippen LogP contribution in [-0.4, -0.2) is 17.7 Å². The van der Waals surface area contributed by atoms with E-state index in [0.717, 1.165) is 0 Å². The molecule has 0 aromatic heterocycles. The number of esters is 2. The van der Waals surface area contributed by atoms with Gasteiger partial charge in [0.25, 0.3) is 5.79 Å². The summed E-state index contributed by atoms with van der Waals surface area (Å²) in [5, 5.41) is 34.8. The summed E-state index contributed by atoms with van der Waals surface area (Å²) in [7, 11) is 0. The molecule has 2 unspecified atom stereocenters. The van der Waals surface area contributed by atoms with Gasteiger partial charge in [-0.25, -0.2) is 0 Å². The van der Waals surface area contributed by atoms with Gasteiger partial charge in [0, 0.05) is 13.3 Å². The van der Waals surface area contributed by atoms with E-state index in [2.05, 4.69) is 0 Å². The van der Waals surface area contributed by atoms with Crippen molar-refractivity contribution < 1.29 is 19.1 Å². The summed E-state index contributed by atoms with van der Waals surface area (Å²) in [6, 6.07) is 6.67. The molecule has 0 N–H and O–H groups in total. The highest BCUT2D eigenvalue weighted by Crippen LogP contribution is 2.24. The summed E-state index contributed by atoms with van der Waals surface area (Å²) >= 11 is 0. The number of hydrogen-bond donors (Lipinski definition) is 0. The molecule has 8 nitrogen and oxygen atoms in total. The topological polar surface area (TPSA) is 148 Å². The highest BCUT2D eigenvalue weighted by Gasteiger charge is 2.37. The highest BCUT2D eigenvalue weighted by molar-refractivity contribution is 5.78. The van der Waals surface area contributed by atoms with Crippen LogP contribution < -0.4 is 0 Å². The number of carbonyl (C=O) groups excluding carboxylic acids is 2. The van der Waals surface area contributed by atoms with E-state index >= 15 is 0 Å². The van der Waals surface area contributed by atoms with E-state index < -0.39 is 29.6 Å². The Labute approximate surface area is 134 Å². The van der Waals surface area contributed by atoms with E-state index in [1.54, 1.807) is 31.2 Å². The maximum absolute atomic E-state index is 11.9. The van der Waals surface area contributed by atoms with Gasteiger partial charge in [0.15, 0.2) is 11.8 Å². The molecule has 0 saturated heterocycles. The van der Waals surface area contributed by atoms with Crippen molar-refractivity contribution in [2.75, 3.05) is 0 Å². The molecule has 0 aliphatic heterocycles. The van der Waals surface area contributed by atoms with E-state index in [1.807, 2.05) is 0 Å². The monoisotopic (exact) mass is 316 g/mol. The number of ether oxygens (including phenoxy) is 2. The molecule has 0 aromatic carbocycles. The summed E-state index contributed by atoms with van der Waals surface area (Å²) in [5.74, 6) is -6.21. The molecule has 0 heterocycles. The van der Waals surface area contributed by atoms with Gasteiger partial charge >= 0.3 is 11.9 Å². The first-order valence-corrected chi connectivity index (χ1v) is 6.86. The molecule has 0 aliphatic carbocycles. The average Bonchev–Trinajstić information content (AvgIpc) is 2.49. The predicted octanol–water partition coefficient (Wildman–Crippen LogP) is 1.70. The van der Waals surface area contributed by atoms with Crippen molar-refractivity contribution in [2.24, 2.45) is 11.8 Å². The molecule has 0 aromatic rings. The lowest BCUT2D eigenvalue weighted by molar-refractivity contribution is -0.228. The van der Waals surface area contributed by atoms with Gasteiger partial charge in [-0.3, -0.25) is 9.59 Å². The minimum absolute atomic E-state index is 0.139. The summed E-state index contributed by atoms with van der Waals surface area (Å²) in [4.78, 5) is 23.8. The third-order valence-electron chi connectivity index (χ3n) is 2.81. The van der Waals surface area contributed by atoms with Gasteiger partial charge in [0.1, 0.15) is 0 Å². The second kappa shape index (κ2) is 9.77. The minimum atomic E-state index is -1.67. The Kier molecular flexibility index (Phi) is 8.45. The van der Waals surface area contributed by atoms with Crippen LogP contribution in [0.25, 0.3) is 0 Å². The zero-order valence-electron chi connectivity index (χ0n) is 12.9. The average molecular weight is 316 g/mol. The highest BCUT2D eigenvalue weighted by atomic mass is 16.7. The van der Waals surface area contributed by atoms with E-state index in [9.17, 15) is 9.59 Å². The van der Waals surface area contributed by atoms with E-state index in [-0.39, 0.29) is 19.3 Å². The third kappa shape index (κ3) is 6.46. The lowest BCUT2D eigenvalue weighted by Crippen LogP contribution is -2.40. The van der Waals surface area contributed by atoms with Gasteiger partial charge in [0.2, 0.25) is 0 Å². The van der Waals surface area contributed by atoms with Crippen molar-refractivity contribution in [3.63, 3.8) is 0 Å². The molecule has 0 saturated carbocycles. The summed E-state index contributed by atoms with van der Waals surface area (Å²) in [5.41, 5.74) is 0. The predicted molar refractivity (Wildman–Crippen MR) is 74.2 cm³/mol. The number of nitrogens with zero attached hydrogens (tertiary/aromatic N) is 4. The largest absolute Gasteiger partial charge is 0.422 e. The standard InChI is InChI=1S/C15H16N4O4/c1-3-6-15(2,22-13(20)11(9-18)4-7-16)23-14(21)12(10-19)5-8-17/h11-12H,3-6H2,1-2H3. The van der Waals surface area contributed by atoms with Gasteiger partial charge in [-0.15, -0.1) is 0 Å². The first-order chi connectivity index (χ1) is 10.9. The fourth-order valence-corrected chi connectivity index (χ4v) is 1.69. The van der Waals surface area contributed by atoms with Crippen molar-refractivity contribution in [2.45, 2.75) is 45.3 Å². The van der Waals surface area contributed by atoms with E-state index in [0.29, 0.717) is 6.42 Å². The zero-order valence-corrected chi connectivity index (χ0v) is 12.9. The SMILES string of the molecule is CCCC(C)(OC(=O)C(C#N)CC#N)OC(=O)C(C#N)CC#N. The van der Waals surface area contributed by atoms with Crippen LogP contribution in [0.3, 0.4) is 0 Å². The van der Waals surface area contributed by atoms with Crippen LogP contribution in [0.2, 0.25) is 0 Å². The lowest BCUT2D eigenvalue weighted by atomic mass is 10.1. The first kappa shape index (κ1) is 19.9. The fourth-order valence-electron chi connectivity index (χ4n) is 1.69. The van der Waals surface area contributed by atoms with Gasteiger partial charge in [0.05, 0.1) is 37.1 Å². The van der Waals surface area contributed by atoms with Gasteiger partial charge in [-0.1, -0.05) is 6.92 Å².